The molecule has 0 saturated carbocycles. The number of rotatable bonds is 12. The van der Waals surface area contributed by atoms with Crippen LogP contribution < -0.4 is 56.9 Å². The fourth-order valence-electron chi connectivity index (χ4n) is 20.0. The van der Waals surface area contributed by atoms with E-state index in [0.29, 0.717) is 17.1 Å². The number of halogens is 1. The quantitative estimate of drug-likeness (QED) is 0.0886. The normalized spacial score (nSPS) is 14.5. The Balaban J connectivity index is 0.000000139. The van der Waals surface area contributed by atoms with Crippen molar-refractivity contribution in [3.63, 3.8) is 0 Å². The minimum atomic E-state index is -3.31. The van der Waals surface area contributed by atoms with Crippen LogP contribution in [0.3, 0.4) is 0 Å². The van der Waals surface area contributed by atoms with Gasteiger partial charge in [-0.1, -0.05) is 399 Å². The molecule has 5 aliphatic heterocycles. The first-order valence-electron chi connectivity index (χ1n) is 51.1. The topological polar surface area (TPSA) is 65.6 Å². The summed E-state index contributed by atoms with van der Waals surface area (Å²) in [6, 6.07) is 143. The predicted octanol–water partition coefficient (Wildman–Crippen LogP) is 32.4. The second-order valence-corrected chi connectivity index (χ2v) is 42.1. The molecule has 20 aromatic carbocycles. The maximum Gasteiger partial charge on any atom is 0.494 e. The third-order valence-electron chi connectivity index (χ3n) is 27.2. The molecule has 672 valence electrons. The van der Waals surface area contributed by atoms with E-state index in [0.717, 1.165) is 171 Å². The Hall–Kier alpha value is -15.5. The van der Waals surface area contributed by atoms with Gasteiger partial charge in [-0.3, -0.25) is 0 Å². The number of anilines is 12. The Morgan fingerprint density at radius 2 is 0.489 bits per heavy atom. The van der Waals surface area contributed by atoms with Gasteiger partial charge in [0.1, 0.15) is 0 Å². The number of para-hydroxylation sites is 6. The van der Waals surface area contributed by atoms with Crippen molar-refractivity contribution < 1.29 is 33.6 Å². The van der Waals surface area contributed by atoms with Crippen molar-refractivity contribution in [2.24, 2.45) is 0 Å². The minimum Gasteiger partial charge on any atom is -0.399 e. The molecule has 139 heavy (non-hydrogen) atoms. The first-order chi connectivity index (χ1) is 71.8. The number of nitrogens with zero attached hydrogens (tertiary/aromatic N) is 4. The monoisotopic (exact) mass is 1910 g/mol. The molecule has 8 nitrogen and oxygen atoms in total. The average molecular weight is 1910 g/mol. The lowest BCUT2D eigenvalue weighted by atomic mass is 9.77. The van der Waals surface area contributed by atoms with Crippen molar-refractivity contribution >= 4 is 143 Å². The predicted molar refractivity (Wildman–Crippen MR) is 592 cm³/mol. The average Bonchev–Trinajstić information content (AvgIpc) is 1.59. The van der Waals surface area contributed by atoms with Crippen LogP contribution in [0.15, 0.2) is 502 Å². The summed E-state index contributed by atoms with van der Waals surface area (Å²) < 4.78 is 131. The second-order valence-electron chi connectivity index (χ2n) is 35.6. The summed E-state index contributed by atoms with van der Waals surface area (Å²) in [4.78, 5) is 8.22. The van der Waals surface area contributed by atoms with Crippen LogP contribution in [0.5, 0.6) is 0 Å². The number of hydrogen-bond donors (Lipinski definition) is 0. The molecule has 1 saturated heterocycles. The summed E-state index contributed by atoms with van der Waals surface area (Å²) in [6.45, 7) is 8.07. The summed E-state index contributed by atoms with van der Waals surface area (Å²) in [5, 5.41) is 4.73. The van der Waals surface area contributed by atoms with Crippen LogP contribution >= 0.6 is 30.2 Å². The highest BCUT2D eigenvalue weighted by Crippen LogP contribution is 2.59. The largest absolute Gasteiger partial charge is 0.494 e. The zero-order valence-corrected chi connectivity index (χ0v) is 79.2. The summed E-state index contributed by atoms with van der Waals surface area (Å²) in [5.74, 6) is 0. The molecule has 0 aliphatic carbocycles. The van der Waals surface area contributed by atoms with E-state index in [-0.39, 0.29) is 56.5 Å². The van der Waals surface area contributed by atoms with Crippen molar-refractivity contribution in [1.82, 2.24) is 0 Å². The minimum absolute atomic E-state index is 0. The third kappa shape index (κ3) is 15.8. The van der Waals surface area contributed by atoms with Gasteiger partial charge in [0.05, 0.1) is 70.4 Å². The SMILES string of the molecule is C.O=P(c1ccccc1)(c1ccccc1)c1cccc(N2c3ccccc3-c3ccccc3-c3cc(Br)ccc32)c1.[2H]c1c([2H])c([2H])c(N2c3ccccc3-c3ccccc3-c3cc(-c4ccc5c(c4)-c4ccccc4-c4ccccc4N5c4cccc(P(=O)(c5ccccc5)c5ccccc5)c4)ccc32)c([2H])c1[2H].[2H]c1c([2H])c([2H])c(N2c3ccccc3-c3ccccc3-c3cc(B4OC(C)(C)C(C)(C)O4)ccc32)c([2H])c1[2H].[HH]. The van der Waals surface area contributed by atoms with Crippen LogP contribution in [0, 0.1) is 0 Å². The van der Waals surface area contributed by atoms with Crippen LogP contribution in [-0.4, -0.2) is 18.3 Å². The van der Waals surface area contributed by atoms with Crippen molar-refractivity contribution in [3.8, 4) is 100 Å². The zero-order chi connectivity index (χ0) is 102. The van der Waals surface area contributed by atoms with E-state index >= 15 is 9.13 Å². The van der Waals surface area contributed by atoms with E-state index in [1.54, 1.807) is 4.90 Å². The number of benzene rings is 20. The molecule has 0 N–H and O–H groups in total. The number of fused-ring (bicyclic) bond motifs is 20. The first-order valence-corrected chi connectivity index (χ1v) is 50.3. The molecule has 0 radical (unpaired) electrons. The summed E-state index contributed by atoms with van der Waals surface area (Å²) >= 11 is 3.71. The summed E-state index contributed by atoms with van der Waals surface area (Å²) in [6.07, 6.45) is 0. The van der Waals surface area contributed by atoms with Gasteiger partial charge >= 0.3 is 7.12 Å². The molecule has 0 atom stereocenters. The molecule has 0 amide bonds. The maximum atomic E-state index is 15.8. The standard InChI is InChI=1S/C60H41N2OP.C36H25BrNOP.C30H28BNO2.CH4.H2/c63-64(46-22-6-2-7-23-46,47-24-8-3-9-25-47)48-26-18-21-45(41-48)62-58-34-17-15-32-54(58)50-28-11-13-30-52(50)56-40-43(36-38-60(56)62)42-35-37-59-55(39-42)51-29-12-10-27-49(51)53-31-14-16-33-57(53)61(59)44-19-4-1-5-20-44;37-26-22-23-36-34(24-26)32-19-8-7-18-31(32)33-20-9-10-21-35(33)38(36)27-12-11-17-30(25-27)40(39,28-13-3-1-4-14-28)29-15-5-2-6-16-29;1-29(2)30(3,4)34-31(33-29)21-18-19-28-26(20-21)24-15-9-8-14-23(24)25-16-10-11-17-27(25)32(28)22-12-6-5-7-13-22;;/h1-41H;1-25H;5-20H,1-4H3;1H4;1H/i1D,4D,5D,19D,20D;;5D,6D,7D,12D,13D;;. The summed E-state index contributed by atoms with van der Waals surface area (Å²) in [7, 11) is -7.02. The second kappa shape index (κ2) is 36.9. The highest BCUT2D eigenvalue weighted by Gasteiger charge is 2.52. The van der Waals surface area contributed by atoms with E-state index in [4.69, 9.17) is 23.0 Å². The molecule has 0 unspecified atom stereocenters. The van der Waals surface area contributed by atoms with E-state index in [9.17, 15) is 0 Å². The molecule has 5 aliphatic rings. The van der Waals surface area contributed by atoms with Gasteiger partial charge in [-0.15, -0.1) is 0 Å². The van der Waals surface area contributed by atoms with Gasteiger partial charge in [-0.2, -0.15) is 0 Å². The molecule has 5 heterocycles. The lowest BCUT2D eigenvalue weighted by molar-refractivity contribution is 0.00578. The van der Waals surface area contributed by atoms with Crippen molar-refractivity contribution in [3.05, 3.63) is 502 Å². The molecular formula is C127H100BBrN4O4P2. The zero-order valence-electron chi connectivity index (χ0n) is 85.8. The van der Waals surface area contributed by atoms with Gasteiger partial charge in [0.2, 0.25) is 0 Å². The Labute approximate surface area is 838 Å². The van der Waals surface area contributed by atoms with E-state index in [1.165, 1.54) is 11.1 Å². The Bertz CT molecular complexity index is 8700. The highest BCUT2D eigenvalue weighted by atomic mass is 79.9. The van der Waals surface area contributed by atoms with E-state index in [2.05, 4.69) is 208 Å². The van der Waals surface area contributed by atoms with E-state index < -0.39 is 56.8 Å². The number of hydrogen-bond acceptors (Lipinski definition) is 8. The van der Waals surface area contributed by atoms with Crippen LogP contribution in [0.1, 0.15) is 50.3 Å². The Kier molecular flexibility index (Phi) is 20.6. The lowest BCUT2D eigenvalue weighted by Crippen LogP contribution is -2.41. The molecule has 0 aromatic heterocycles. The molecule has 0 spiro atoms. The van der Waals surface area contributed by atoms with Crippen molar-refractivity contribution in [2.75, 3.05) is 19.6 Å². The first kappa shape index (κ1) is 77.7. The molecule has 0 bridgehead atoms. The Morgan fingerprint density at radius 3 is 0.813 bits per heavy atom. The van der Waals surface area contributed by atoms with Gasteiger partial charge in [0, 0.05) is 105 Å². The highest BCUT2D eigenvalue weighted by molar-refractivity contribution is 9.10. The molecule has 12 heteroatoms. The van der Waals surface area contributed by atoms with Crippen LogP contribution in [0.25, 0.3) is 100 Å². The van der Waals surface area contributed by atoms with E-state index in [1.807, 2.05) is 287 Å². The summed E-state index contributed by atoms with van der Waals surface area (Å²) in [5.41, 5.74) is 27.0. The Morgan fingerprint density at radius 1 is 0.245 bits per heavy atom. The van der Waals surface area contributed by atoms with Gasteiger partial charge in [0.15, 0.2) is 14.3 Å². The fourth-order valence-corrected chi connectivity index (χ4v) is 25.8. The maximum absolute atomic E-state index is 15.8. The lowest BCUT2D eigenvalue weighted by Gasteiger charge is -2.32. The van der Waals surface area contributed by atoms with Crippen molar-refractivity contribution in [2.45, 2.75) is 46.3 Å². The van der Waals surface area contributed by atoms with Gasteiger partial charge in [-0.05, 0) is 210 Å². The molecule has 20 aromatic rings. The molecule has 25 rings (SSSR count). The molecular weight excluding hydrogens is 1800 g/mol. The molecule has 1 fully saturated rings. The smallest absolute Gasteiger partial charge is 0.399 e. The van der Waals surface area contributed by atoms with Gasteiger partial charge < -0.3 is 38.0 Å². The van der Waals surface area contributed by atoms with Crippen molar-refractivity contribution in [1.29, 1.82) is 0 Å². The van der Waals surface area contributed by atoms with Crippen LogP contribution in [0.2, 0.25) is 0 Å². The fraction of sp³-hybridized carbons (Fsp3) is 0.0551. The van der Waals surface area contributed by atoms with Crippen LogP contribution in [-0.2, 0) is 18.4 Å². The van der Waals surface area contributed by atoms with Gasteiger partial charge in [-0.25, -0.2) is 0 Å². The van der Waals surface area contributed by atoms with Crippen LogP contribution in [0.4, 0.5) is 68.2 Å². The third-order valence-corrected chi connectivity index (χ3v) is 33.8. The van der Waals surface area contributed by atoms with Gasteiger partial charge in [0.25, 0.3) is 0 Å².